The molecular formula is C13H22O6. The summed E-state index contributed by atoms with van der Waals surface area (Å²) in [7, 11) is 0. The standard InChI is InChI=1S/C13H22O6/c1-7-8(2)12(19-10(4)14)13(18-9(7)3)17-6-5-11(15)16/h7-9,12-13H,5-6H2,1-4H3,(H,15,16)/t7-,8+,9?,12?,13-/m1/s1. The van der Waals surface area contributed by atoms with Crippen molar-refractivity contribution in [3.05, 3.63) is 0 Å². The molecule has 0 radical (unpaired) electrons. The minimum absolute atomic E-state index is 0.0309. The molecule has 0 aromatic heterocycles. The van der Waals surface area contributed by atoms with E-state index in [1.165, 1.54) is 6.92 Å². The van der Waals surface area contributed by atoms with E-state index in [9.17, 15) is 9.59 Å². The molecule has 1 heterocycles. The van der Waals surface area contributed by atoms with Crippen molar-refractivity contribution in [2.75, 3.05) is 6.61 Å². The van der Waals surface area contributed by atoms with Crippen molar-refractivity contribution in [2.45, 2.75) is 52.6 Å². The van der Waals surface area contributed by atoms with Crippen LogP contribution in [0.1, 0.15) is 34.1 Å². The van der Waals surface area contributed by atoms with Gasteiger partial charge in [0.15, 0.2) is 12.4 Å². The van der Waals surface area contributed by atoms with Gasteiger partial charge in [0.1, 0.15) is 0 Å². The lowest BCUT2D eigenvalue weighted by Crippen LogP contribution is -2.51. The molecule has 5 atom stereocenters. The van der Waals surface area contributed by atoms with Crippen LogP contribution in [0, 0.1) is 11.8 Å². The second kappa shape index (κ2) is 6.86. The van der Waals surface area contributed by atoms with Crippen molar-refractivity contribution in [2.24, 2.45) is 11.8 Å². The summed E-state index contributed by atoms with van der Waals surface area (Å²) < 4.78 is 16.3. The minimum Gasteiger partial charge on any atom is -0.481 e. The first-order valence-corrected chi connectivity index (χ1v) is 6.49. The zero-order valence-electron chi connectivity index (χ0n) is 11.8. The topological polar surface area (TPSA) is 82.1 Å². The maximum atomic E-state index is 11.1. The van der Waals surface area contributed by atoms with Gasteiger partial charge in [0, 0.05) is 12.8 Å². The third kappa shape index (κ3) is 4.47. The van der Waals surface area contributed by atoms with Crippen LogP contribution in [-0.4, -0.2) is 42.1 Å². The van der Waals surface area contributed by atoms with Crippen LogP contribution in [0.25, 0.3) is 0 Å². The van der Waals surface area contributed by atoms with E-state index in [-0.39, 0.29) is 31.0 Å². The maximum absolute atomic E-state index is 11.1. The summed E-state index contributed by atoms with van der Waals surface area (Å²) >= 11 is 0. The summed E-state index contributed by atoms with van der Waals surface area (Å²) in [6.07, 6.45) is -1.34. The van der Waals surface area contributed by atoms with Crippen LogP contribution in [0.4, 0.5) is 0 Å². The normalized spacial score (nSPS) is 34.8. The van der Waals surface area contributed by atoms with E-state index in [1.54, 1.807) is 0 Å². The van der Waals surface area contributed by atoms with E-state index in [2.05, 4.69) is 0 Å². The van der Waals surface area contributed by atoms with Gasteiger partial charge in [-0.25, -0.2) is 0 Å². The van der Waals surface area contributed by atoms with Crippen molar-refractivity contribution in [1.82, 2.24) is 0 Å². The maximum Gasteiger partial charge on any atom is 0.305 e. The Morgan fingerprint density at radius 2 is 1.84 bits per heavy atom. The number of hydrogen-bond acceptors (Lipinski definition) is 5. The first-order valence-electron chi connectivity index (χ1n) is 6.49. The fourth-order valence-corrected chi connectivity index (χ4v) is 2.14. The average molecular weight is 274 g/mol. The van der Waals surface area contributed by atoms with Gasteiger partial charge in [-0.1, -0.05) is 13.8 Å². The molecule has 6 nitrogen and oxygen atoms in total. The van der Waals surface area contributed by atoms with Gasteiger partial charge < -0.3 is 19.3 Å². The van der Waals surface area contributed by atoms with Gasteiger partial charge in [0.05, 0.1) is 19.1 Å². The quantitative estimate of drug-likeness (QED) is 0.764. The zero-order valence-corrected chi connectivity index (χ0v) is 11.8. The summed E-state index contributed by atoms with van der Waals surface area (Å²) in [6.45, 7) is 7.30. The van der Waals surface area contributed by atoms with Crippen molar-refractivity contribution < 1.29 is 28.9 Å². The summed E-state index contributed by atoms with van der Waals surface area (Å²) in [5.41, 5.74) is 0. The second-order valence-electron chi connectivity index (χ2n) is 5.02. The third-order valence-corrected chi connectivity index (χ3v) is 3.61. The van der Waals surface area contributed by atoms with Crippen molar-refractivity contribution in [3.63, 3.8) is 0 Å². The van der Waals surface area contributed by atoms with Crippen LogP contribution in [-0.2, 0) is 23.8 Å². The molecule has 1 saturated heterocycles. The number of aliphatic carboxylic acids is 1. The predicted octanol–water partition coefficient (Wildman–Crippen LogP) is 1.43. The van der Waals surface area contributed by atoms with Crippen LogP contribution in [0.5, 0.6) is 0 Å². The predicted molar refractivity (Wildman–Crippen MR) is 66.4 cm³/mol. The summed E-state index contributed by atoms with van der Waals surface area (Å²) in [6, 6.07) is 0. The van der Waals surface area contributed by atoms with E-state index in [0.717, 1.165) is 0 Å². The summed E-state index contributed by atoms with van der Waals surface area (Å²) in [4.78, 5) is 21.6. The Balaban J connectivity index is 2.66. The average Bonchev–Trinajstić information content (AvgIpc) is 2.30. The first-order chi connectivity index (χ1) is 8.82. The highest BCUT2D eigenvalue weighted by Crippen LogP contribution is 2.33. The highest BCUT2D eigenvalue weighted by Gasteiger charge is 2.42. The molecule has 0 saturated carbocycles. The SMILES string of the molecule is CC(=O)OC1[C@H](OCCC(=O)O)OC(C)[C@H](C)[C@@H]1C. The van der Waals surface area contributed by atoms with Crippen molar-refractivity contribution >= 4 is 11.9 Å². The molecular weight excluding hydrogens is 252 g/mol. The number of carbonyl (C=O) groups excluding carboxylic acids is 1. The van der Waals surface area contributed by atoms with E-state index in [4.69, 9.17) is 19.3 Å². The molecule has 6 heteroatoms. The summed E-state index contributed by atoms with van der Waals surface area (Å²) in [5.74, 6) is -1.02. The lowest BCUT2D eigenvalue weighted by Gasteiger charge is -2.42. The van der Waals surface area contributed by atoms with Gasteiger partial charge in [0.2, 0.25) is 0 Å². The monoisotopic (exact) mass is 274 g/mol. The molecule has 0 spiro atoms. The Bertz CT molecular complexity index is 329. The molecule has 1 aliphatic heterocycles. The lowest BCUT2D eigenvalue weighted by molar-refractivity contribution is -0.271. The Morgan fingerprint density at radius 3 is 2.37 bits per heavy atom. The number of rotatable bonds is 5. The minimum atomic E-state index is -0.936. The fourth-order valence-electron chi connectivity index (χ4n) is 2.14. The van der Waals surface area contributed by atoms with E-state index in [0.29, 0.717) is 0 Å². The van der Waals surface area contributed by atoms with Crippen molar-refractivity contribution in [1.29, 1.82) is 0 Å². The molecule has 0 amide bonds. The van der Waals surface area contributed by atoms with Gasteiger partial charge in [-0.05, 0) is 12.8 Å². The molecule has 2 unspecified atom stereocenters. The van der Waals surface area contributed by atoms with E-state index >= 15 is 0 Å². The first kappa shape index (κ1) is 15.9. The molecule has 1 N–H and O–H groups in total. The molecule has 0 aliphatic carbocycles. The number of ether oxygens (including phenoxy) is 3. The Kier molecular flexibility index (Phi) is 5.75. The number of carboxylic acids is 1. The highest BCUT2D eigenvalue weighted by molar-refractivity contribution is 5.66. The molecule has 0 aromatic carbocycles. The Morgan fingerprint density at radius 1 is 1.21 bits per heavy atom. The Labute approximate surface area is 113 Å². The van der Waals surface area contributed by atoms with E-state index in [1.807, 2.05) is 20.8 Å². The van der Waals surface area contributed by atoms with Crippen LogP contribution in [0.3, 0.4) is 0 Å². The summed E-state index contributed by atoms with van der Waals surface area (Å²) in [5, 5.41) is 8.59. The van der Waals surface area contributed by atoms with Gasteiger partial charge in [-0.2, -0.15) is 0 Å². The van der Waals surface area contributed by atoms with Gasteiger partial charge in [0.25, 0.3) is 0 Å². The van der Waals surface area contributed by atoms with Crippen LogP contribution >= 0.6 is 0 Å². The Hall–Kier alpha value is -1.14. The molecule has 0 aromatic rings. The largest absolute Gasteiger partial charge is 0.481 e. The second-order valence-corrected chi connectivity index (χ2v) is 5.02. The molecule has 110 valence electrons. The fraction of sp³-hybridized carbons (Fsp3) is 0.846. The molecule has 1 rings (SSSR count). The molecule has 19 heavy (non-hydrogen) atoms. The number of carbonyl (C=O) groups is 2. The molecule has 1 aliphatic rings. The van der Waals surface area contributed by atoms with Crippen LogP contribution in [0.15, 0.2) is 0 Å². The van der Waals surface area contributed by atoms with Crippen LogP contribution in [0.2, 0.25) is 0 Å². The van der Waals surface area contributed by atoms with Gasteiger partial charge in [-0.3, -0.25) is 9.59 Å². The number of esters is 1. The number of hydrogen-bond donors (Lipinski definition) is 1. The smallest absolute Gasteiger partial charge is 0.305 e. The van der Waals surface area contributed by atoms with Crippen molar-refractivity contribution in [3.8, 4) is 0 Å². The zero-order chi connectivity index (χ0) is 14.6. The van der Waals surface area contributed by atoms with Gasteiger partial charge >= 0.3 is 11.9 Å². The van der Waals surface area contributed by atoms with Crippen LogP contribution < -0.4 is 0 Å². The lowest BCUT2D eigenvalue weighted by atomic mass is 9.84. The highest BCUT2D eigenvalue weighted by atomic mass is 16.7. The van der Waals surface area contributed by atoms with Gasteiger partial charge in [-0.15, -0.1) is 0 Å². The third-order valence-electron chi connectivity index (χ3n) is 3.61. The molecule has 0 bridgehead atoms. The van der Waals surface area contributed by atoms with E-state index < -0.39 is 24.3 Å². The number of carboxylic acid groups (broad SMARTS) is 1. The molecule has 1 fully saturated rings.